The van der Waals surface area contributed by atoms with E-state index in [0.29, 0.717) is 0 Å². The van der Waals surface area contributed by atoms with Gasteiger partial charge in [-0.25, -0.2) is 0 Å². The Morgan fingerprint density at radius 2 is 2.20 bits per heavy atom. The van der Waals surface area contributed by atoms with E-state index in [-0.39, 0.29) is 18.3 Å². The molecule has 0 spiro atoms. The predicted molar refractivity (Wildman–Crippen MR) is 39.8 cm³/mol. The summed E-state index contributed by atoms with van der Waals surface area (Å²) in [4.78, 5) is 14.0. The summed E-state index contributed by atoms with van der Waals surface area (Å²) in [5, 5.41) is 3.31. The Morgan fingerprint density at radius 3 is 2.73 bits per heavy atom. The van der Waals surface area contributed by atoms with Gasteiger partial charge in [-0.05, 0) is 0 Å². The van der Waals surface area contributed by atoms with Gasteiger partial charge in [-0.3, -0.25) is 4.79 Å². The van der Waals surface area contributed by atoms with Crippen molar-refractivity contribution in [2.75, 3.05) is 7.11 Å². The van der Waals surface area contributed by atoms with Gasteiger partial charge in [0, 0.05) is 7.11 Å². The Morgan fingerprint density at radius 1 is 1.53 bits per heavy atom. The normalized spacial score (nSPS) is 11.7. The fourth-order valence-corrected chi connectivity index (χ4v) is 0.787. The first-order valence-corrected chi connectivity index (χ1v) is 3.84. The molecule has 0 aliphatic rings. The Labute approximate surface area is 82.2 Å². The molecule has 0 saturated heterocycles. The van der Waals surface area contributed by atoms with Crippen molar-refractivity contribution in [3.8, 4) is 0 Å². The van der Waals surface area contributed by atoms with Gasteiger partial charge in [0.15, 0.2) is 5.82 Å². The van der Waals surface area contributed by atoms with Crippen LogP contribution in [0.4, 0.5) is 13.2 Å². The van der Waals surface area contributed by atoms with Crippen molar-refractivity contribution in [1.29, 1.82) is 0 Å². The monoisotopic (exact) mass is 224 g/mol. The number of aromatic nitrogens is 2. The van der Waals surface area contributed by atoms with E-state index in [1.165, 1.54) is 7.11 Å². The Bertz CT molecular complexity index is 347. The SMILES string of the molecule is COCc1noc(CC(=O)C(F)(F)F)n1. The van der Waals surface area contributed by atoms with E-state index in [1.807, 2.05) is 0 Å². The van der Waals surface area contributed by atoms with E-state index in [2.05, 4.69) is 19.4 Å². The fourth-order valence-electron chi connectivity index (χ4n) is 0.787. The molecule has 0 aliphatic carbocycles. The smallest absolute Gasteiger partial charge is 0.377 e. The van der Waals surface area contributed by atoms with Crippen LogP contribution in [0.3, 0.4) is 0 Å². The second-order valence-electron chi connectivity index (χ2n) is 2.64. The average molecular weight is 224 g/mol. The molecule has 0 N–H and O–H groups in total. The van der Waals surface area contributed by atoms with Crippen LogP contribution in [0.5, 0.6) is 0 Å². The number of rotatable bonds is 4. The van der Waals surface area contributed by atoms with E-state index in [1.54, 1.807) is 0 Å². The molecule has 0 atom stereocenters. The number of Topliss-reactive ketones (excluding diaryl/α,β-unsaturated/α-hetero) is 1. The van der Waals surface area contributed by atoms with Crippen molar-refractivity contribution in [3.63, 3.8) is 0 Å². The predicted octanol–water partition coefficient (Wildman–Crippen LogP) is 0.890. The average Bonchev–Trinajstić information content (AvgIpc) is 2.51. The lowest BCUT2D eigenvalue weighted by Gasteiger charge is -2.00. The van der Waals surface area contributed by atoms with E-state index in [9.17, 15) is 18.0 Å². The van der Waals surface area contributed by atoms with Gasteiger partial charge in [0.1, 0.15) is 6.61 Å². The highest BCUT2D eigenvalue weighted by molar-refractivity contribution is 5.85. The minimum absolute atomic E-state index is 0.0176. The number of ketones is 1. The molecule has 0 aliphatic heterocycles. The molecule has 15 heavy (non-hydrogen) atoms. The summed E-state index contributed by atoms with van der Waals surface area (Å²) in [6.07, 6.45) is -5.82. The van der Waals surface area contributed by atoms with Gasteiger partial charge >= 0.3 is 6.18 Å². The summed E-state index contributed by atoms with van der Waals surface area (Å²) in [6.45, 7) is 0.0176. The zero-order valence-corrected chi connectivity index (χ0v) is 7.67. The van der Waals surface area contributed by atoms with E-state index < -0.39 is 18.4 Å². The molecule has 0 saturated carbocycles. The third kappa shape index (κ3) is 3.31. The number of hydrogen-bond acceptors (Lipinski definition) is 5. The zero-order chi connectivity index (χ0) is 11.5. The number of carbonyl (C=O) groups excluding carboxylic acids is 1. The number of hydrogen-bond donors (Lipinski definition) is 0. The lowest BCUT2D eigenvalue weighted by atomic mass is 10.3. The van der Waals surface area contributed by atoms with Gasteiger partial charge in [0.25, 0.3) is 0 Å². The molecule has 1 rings (SSSR count). The van der Waals surface area contributed by atoms with Crippen LogP contribution in [0.15, 0.2) is 4.52 Å². The van der Waals surface area contributed by atoms with Gasteiger partial charge in [-0.2, -0.15) is 18.2 Å². The van der Waals surface area contributed by atoms with Gasteiger partial charge in [-0.1, -0.05) is 5.16 Å². The third-order valence-corrected chi connectivity index (χ3v) is 1.41. The van der Waals surface area contributed by atoms with Crippen LogP contribution >= 0.6 is 0 Å². The molecule has 0 bridgehead atoms. The number of methoxy groups -OCH3 is 1. The highest BCUT2D eigenvalue weighted by Crippen LogP contribution is 2.18. The first kappa shape index (κ1) is 11.6. The second-order valence-corrected chi connectivity index (χ2v) is 2.64. The number of halogens is 3. The standard InChI is InChI=1S/C7H7F3N2O3/c1-14-3-5-11-6(15-12-5)2-4(13)7(8,9)10/h2-3H2,1H3. The molecule has 0 radical (unpaired) electrons. The summed E-state index contributed by atoms with van der Waals surface area (Å²) in [5.41, 5.74) is 0. The minimum Gasteiger partial charge on any atom is -0.377 e. The molecule has 0 fully saturated rings. The zero-order valence-electron chi connectivity index (χ0n) is 7.67. The number of nitrogens with zero attached hydrogens (tertiary/aromatic N) is 2. The molecule has 0 aromatic carbocycles. The van der Waals surface area contributed by atoms with Crippen LogP contribution in [0.1, 0.15) is 11.7 Å². The molecule has 5 nitrogen and oxygen atoms in total. The highest BCUT2D eigenvalue weighted by atomic mass is 19.4. The van der Waals surface area contributed by atoms with Crippen molar-refractivity contribution in [2.45, 2.75) is 19.2 Å². The van der Waals surface area contributed by atoms with Crippen LogP contribution in [-0.4, -0.2) is 29.2 Å². The second kappa shape index (κ2) is 4.39. The molecule has 84 valence electrons. The number of alkyl halides is 3. The van der Waals surface area contributed by atoms with Crippen LogP contribution in [-0.2, 0) is 22.6 Å². The summed E-state index contributed by atoms with van der Waals surface area (Å²) in [7, 11) is 1.37. The summed E-state index contributed by atoms with van der Waals surface area (Å²) < 4.78 is 44.5. The first-order valence-electron chi connectivity index (χ1n) is 3.84. The Balaban J connectivity index is 2.61. The largest absolute Gasteiger partial charge is 0.450 e. The van der Waals surface area contributed by atoms with Crippen LogP contribution in [0, 0.1) is 0 Å². The third-order valence-electron chi connectivity index (χ3n) is 1.41. The van der Waals surface area contributed by atoms with Crippen LogP contribution < -0.4 is 0 Å². The van der Waals surface area contributed by atoms with E-state index in [0.717, 1.165) is 0 Å². The Hall–Kier alpha value is -1.44. The first-order chi connectivity index (χ1) is 6.93. The topological polar surface area (TPSA) is 65.2 Å². The highest BCUT2D eigenvalue weighted by Gasteiger charge is 2.39. The van der Waals surface area contributed by atoms with Crippen molar-refractivity contribution >= 4 is 5.78 Å². The molecule has 1 aromatic heterocycles. The molecule has 0 unspecified atom stereocenters. The number of carbonyl (C=O) groups is 1. The van der Waals surface area contributed by atoms with Gasteiger partial charge in [-0.15, -0.1) is 0 Å². The molecule has 8 heteroatoms. The number of ether oxygens (including phenoxy) is 1. The molecule has 1 heterocycles. The summed E-state index contributed by atoms with van der Waals surface area (Å²) >= 11 is 0. The maximum absolute atomic E-state index is 11.8. The minimum atomic E-state index is -4.88. The molecular formula is C7H7F3N2O3. The molecule has 1 aromatic rings. The lowest BCUT2D eigenvalue weighted by Crippen LogP contribution is -2.24. The summed E-state index contributed by atoms with van der Waals surface area (Å²) in [5.74, 6) is -2.19. The van der Waals surface area contributed by atoms with Gasteiger partial charge in [0.2, 0.25) is 11.7 Å². The van der Waals surface area contributed by atoms with Crippen molar-refractivity contribution in [2.24, 2.45) is 0 Å². The quantitative estimate of drug-likeness (QED) is 0.759. The van der Waals surface area contributed by atoms with Gasteiger partial charge in [0.05, 0.1) is 6.42 Å². The molecular weight excluding hydrogens is 217 g/mol. The maximum Gasteiger partial charge on any atom is 0.450 e. The lowest BCUT2D eigenvalue weighted by molar-refractivity contribution is -0.170. The van der Waals surface area contributed by atoms with Crippen LogP contribution in [0.25, 0.3) is 0 Å². The van der Waals surface area contributed by atoms with E-state index in [4.69, 9.17) is 0 Å². The van der Waals surface area contributed by atoms with E-state index >= 15 is 0 Å². The van der Waals surface area contributed by atoms with Crippen molar-refractivity contribution in [1.82, 2.24) is 10.1 Å². The maximum atomic E-state index is 11.8. The fraction of sp³-hybridized carbons (Fsp3) is 0.571. The Kier molecular flexibility index (Phi) is 3.40. The summed E-state index contributed by atoms with van der Waals surface area (Å²) in [6, 6.07) is 0. The van der Waals surface area contributed by atoms with Crippen molar-refractivity contribution in [3.05, 3.63) is 11.7 Å². The van der Waals surface area contributed by atoms with Gasteiger partial charge < -0.3 is 9.26 Å². The molecule has 0 amide bonds. The van der Waals surface area contributed by atoms with Crippen molar-refractivity contribution < 1.29 is 27.2 Å². The van der Waals surface area contributed by atoms with Crippen LogP contribution in [0.2, 0.25) is 0 Å².